The van der Waals surface area contributed by atoms with Crippen molar-refractivity contribution in [2.45, 2.75) is 25.7 Å². The molecule has 1 amide bonds. The Bertz CT molecular complexity index is 1550. The highest BCUT2D eigenvalue weighted by Crippen LogP contribution is 2.35. The molecule has 202 valence electrons. The molecule has 5 nitrogen and oxygen atoms in total. The second-order valence-electron chi connectivity index (χ2n) is 8.94. The molecule has 2 heterocycles. The third-order valence-electron chi connectivity index (χ3n) is 6.32. The van der Waals surface area contributed by atoms with Gasteiger partial charge in [-0.15, -0.1) is 0 Å². The molecule has 3 aromatic carbocycles. The predicted octanol–water partition coefficient (Wildman–Crippen LogP) is 6.97. The third-order valence-corrected chi connectivity index (χ3v) is 6.62. The van der Waals surface area contributed by atoms with Crippen molar-refractivity contribution in [3.05, 3.63) is 100 Å². The Hall–Kier alpha value is -3.99. The molecule has 0 radical (unpaired) electrons. The molecule has 1 aromatic heterocycles. The summed E-state index contributed by atoms with van der Waals surface area (Å²) in [6, 6.07) is 12.3. The lowest BCUT2D eigenvalue weighted by atomic mass is 10.1. The standard InChI is InChI=1S/C27H19ClF6N4O/c28-20-7-6-18(13-22(20)31)35-26-25(16-2-4-17(29)5-3-16)36-23-14-37(9-10-38(23)26)24(39)12-15-1-8-21(30)19(11-15)27(32,33)34/h1-8,11,13,35H,9-10,12,14H2. The minimum absolute atomic E-state index is 0.0294. The number of fused-ring (bicyclic) bond motifs is 1. The molecule has 1 aliphatic rings. The number of aromatic nitrogens is 2. The van der Waals surface area contributed by atoms with Gasteiger partial charge in [0, 0.05) is 24.3 Å². The molecule has 0 unspecified atom stereocenters. The average molecular weight is 565 g/mol. The topological polar surface area (TPSA) is 50.2 Å². The molecule has 0 saturated heterocycles. The Kier molecular flexibility index (Phi) is 7.02. The minimum atomic E-state index is -4.88. The Morgan fingerprint density at radius 1 is 0.949 bits per heavy atom. The SMILES string of the molecule is O=C(Cc1ccc(F)c(C(F)(F)F)c1)N1CCn2c(nc(-c3ccc(F)cc3)c2Nc2ccc(Cl)c(F)c2)C1. The van der Waals surface area contributed by atoms with Gasteiger partial charge in [0.15, 0.2) is 0 Å². The number of anilines is 2. The Balaban J connectivity index is 1.43. The van der Waals surface area contributed by atoms with Crippen LogP contribution in [0, 0.1) is 17.5 Å². The maximum Gasteiger partial charge on any atom is 0.419 e. The molecule has 0 bridgehead atoms. The van der Waals surface area contributed by atoms with E-state index in [0.29, 0.717) is 40.7 Å². The van der Waals surface area contributed by atoms with Crippen molar-refractivity contribution in [2.24, 2.45) is 0 Å². The first-order valence-corrected chi connectivity index (χ1v) is 12.1. The highest BCUT2D eigenvalue weighted by atomic mass is 35.5. The summed E-state index contributed by atoms with van der Waals surface area (Å²) >= 11 is 5.79. The molecule has 5 rings (SSSR count). The second-order valence-corrected chi connectivity index (χ2v) is 9.35. The van der Waals surface area contributed by atoms with E-state index in [1.54, 1.807) is 10.6 Å². The van der Waals surface area contributed by atoms with E-state index >= 15 is 0 Å². The number of hydrogen-bond acceptors (Lipinski definition) is 3. The Labute approximate surface area is 223 Å². The third kappa shape index (κ3) is 5.58. The molecule has 1 aliphatic heterocycles. The van der Waals surface area contributed by atoms with Crippen LogP contribution in [0.25, 0.3) is 11.3 Å². The number of halogens is 7. The normalized spacial score (nSPS) is 13.4. The van der Waals surface area contributed by atoms with Gasteiger partial charge in [0.1, 0.15) is 34.8 Å². The van der Waals surface area contributed by atoms with Crippen molar-refractivity contribution in [2.75, 3.05) is 11.9 Å². The van der Waals surface area contributed by atoms with Crippen LogP contribution in [0.2, 0.25) is 5.02 Å². The highest BCUT2D eigenvalue weighted by molar-refractivity contribution is 6.30. The molecule has 12 heteroatoms. The largest absolute Gasteiger partial charge is 0.419 e. The zero-order valence-corrected chi connectivity index (χ0v) is 20.8. The number of amides is 1. The van der Waals surface area contributed by atoms with Crippen molar-refractivity contribution in [3.63, 3.8) is 0 Å². The molecule has 4 aromatic rings. The van der Waals surface area contributed by atoms with Crippen LogP contribution in [0.15, 0.2) is 60.7 Å². The lowest BCUT2D eigenvalue weighted by Gasteiger charge is -2.29. The summed E-state index contributed by atoms with van der Waals surface area (Å²) < 4.78 is 82.4. The quantitative estimate of drug-likeness (QED) is 0.266. The zero-order chi connectivity index (χ0) is 27.9. The van der Waals surface area contributed by atoms with E-state index in [2.05, 4.69) is 10.3 Å². The van der Waals surface area contributed by atoms with E-state index in [1.807, 2.05) is 0 Å². The van der Waals surface area contributed by atoms with Crippen molar-refractivity contribution in [1.82, 2.24) is 14.5 Å². The number of nitrogens with one attached hydrogen (secondary N) is 1. The molecular weight excluding hydrogens is 546 g/mol. The summed E-state index contributed by atoms with van der Waals surface area (Å²) in [4.78, 5) is 19.1. The van der Waals surface area contributed by atoms with Crippen molar-refractivity contribution >= 4 is 29.0 Å². The van der Waals surface area contributed by atoms with Gasteiger partial charge in [0.25, 0.3) is 0 Å². The molecule has 0 fully saturated rings. The Morgan fingerprint density at radius 3 is 2.38 bits per heavy atom. The van der Waals surface area contributed by atoms with E-state index < -0.39 is 35.1 Å². The number of imidazole rings is 1. The van der Waals surface area contributed by atoms with Crippen molar-refractivity contribution in [1.29, 1.82) is 0 Å². The molecule has 39 heavy (non-hydrogen) atoms. The van der Waals surface area contributed by atoms with E-state index in [9.17, 15) is 31.1 Å². The molecule has 0 aliphatic carbocycles. The highest BCUT2D eigenvalue weighted by Gasteiger charge is 2.34. The van der Waals surface area contributed by atoms with Crippen LogP contribution >= 0.6 is 11.6 Å². The Morgan fingerprint density at radius 2 is 1.69 bits per heavy atom. The number of hydrogen-bond donors (Lipinski definition) is 1. The van der Waals surface area contributed by atoms with Gasteiger partial charge < -0.3 is 14.8 Å². The van der Waals surface area contributed by atoms with E-state index in [-0.39, 0.29) is 36.6 Å². The average Bonchev–Trinajstić information content (AvgIpc) is 3.24. The van der Waals surface area contributed by atoms with Gasteiger partial charge in [-0.25, -0.2) is 18.2 Å². The van der Waals surface area contributed by atoms with Crippen LogP contribution in [0.3, 0.4) is 0 Å². The molecule has 0 atom stereocenters. The van der Waals surface area contributed by atoms with Crippen LogP contribution in [0.4, 0.5) is 37.8 Å². The van der Waals surface area contributed by atoms with Crippen LogP contribution in [0.1, 0.15) is 17.0 Å². The summed E-state index contributed by atoms with van der Waals surface area (Å²) in [5.41, 5.74) is -0.0117. The fourth-order valence-corrected chi connectivity index (χ4v) is 4.49. The van der Waals surface area contributed by atoms with Crippen LogP contribution in [-0.2, 0) is 30.5 Å². The first-order valence-electron chi connectivity index (χ1n) is 11.7. The number of carbonyl (C=O) groups is 1. The fraction of sp³-hybridized carbons (Fsp3) is 0.185. The fourth-order valence-electron chi connectivity index (χ4n) is 4.38. The van der Waals surface area contributed by atoms with Gasteiger partial charge in [-0.05, 0) is 60.2 Å². The summed E-state index contributed by atoms with van der Waals surface area (Å²) in [6.45, 7) is 0.518. The van der Waals surface area contributed by atoms with E-state index in [4.69, 9.17) is 11.6 Å². The number of carbonyl (C=O) groups excluding carboxylic acids is 1. The molecule has 0 saturated carbocycles. The van der Waals surface area contributed by atoms with Crippen LogP contribution in [-0.4, -0.2) is 26.9 Å². The molecule has 0 spiro atoms. The summed E-state index contributed by atoms with van der Waals surface area (Å²) in [5, 5.41) is 3.09. The predicted molar refractivity (Wildman–Crippen MR) is 133 cm³/mol. The summed E-state index contributed by atoms with van der Waals surface area (Å²) in [5.74, 6) is -1.99. The van der Waals surface area contributed by atoms with Crippen LogP contribution < -0.4 is 5.32 Å². The summed E-state index contributed by atoms with van der Waals surface area (Å²) in [7, 11) is 0. The van der Waals surface area contributed by atoms with Crippen molar-refractivity contribution in [3.8, 4) is 11.3 Å². The monoisotopic (exact) mass is 564 g/mol. The van der Waals surface area contributed by atoms with Gasteiger partial charge in [0.05, 0.1) is 23.6 Å². The van der Waals surface area contributed by atoms with Crippen molar-refractivity contribution < 1.29 is 31.1 Å². The van der Waals surface area contributed by atoms with E-state index in [0.717, 1.165) is 6.07 Å². The number of rotatable bonds is 5. The lowest BCUT2D eigenvalue weighted by molar-refractivity contribution is -0.140. The number of alkyl halides is 3. The number of benzene rings is 3. The second kappa shape index (κ2) is 10.3. The minimum Gasteiger partial charge on any atom is -0.340 e. The van der Waals surface area contributed by atoms with E-state index in [1.165, 1.54) is 41.3 Å². The van der Waals surface area contributed by atoms with Gasteiger partial charge in [0.2, 0.25) is 5.91 Å². The first-order chi connectivity index (χ1) is 18.5. The lowest BCUT2D eigenvalue weighted by Crippen LogP contribution is -2.39. The van der Waals surface area contributed by atoms with Gasteiger partial charge >= 0.3 is 6.18 Å². The maximum atomic E-state index is 14.1. The smallest absolute Gasteiger partial charge is 0.340 e. The van der Waals surface area contributed by atoms with Gasteiger partial charge in [-0.3, -0.25) is 4.79 Å². The number of nitrogens with zero attached hydrogens (tertiary/aromatic N) is 3. The summed E-state index contributed by atoms with van der Waals surface area (Å²) in [6.07, 6.45) is -5.24. The zero-order valence-electron chi connectivity index (χ0n) is 20.0. The molecular formula is C27H19ClF6N4O. The molecule has 1 N–H and O–H groups in total. The van der Waals surface area contributed by atoms with Gasteiger partial charge in [-0.1, -0.05) is 17.7 Å². The maximum absolute atomic E-state index is 14.1. The van der Waals surface area contributed by atoms with Gasteiger partial charge in [-0.2, -0.15) is 13.2 Å². The first kappa shape index (κ1) is 26.6. The van der Waals surface area contributed by atoms with Crippen LogP contribution in [0.5, 0.6) is 0 Å².